The summed E-state index contributed by atoms with van der Waals surface area (Å²) in [4.78, 5) is 0. The predicted octanol–water partition coefficient (Wildman–Crippen LogP) is -1.88. The molecule has 0 aliphatic carbocycles. The third-order valence-electron chi connectivity index (χ3n) is 0.676. The topological polar surface area (TPSA) is 90.1 Å². The van der Waals surface area contributed by atoms with Crippen molar-refractivity contribution in [2.75, 3.05) is 6.54 Å². The molecule has 0 aromatic rings. The lowest BCUT2D eigenvalue weighted by Gasteiger charge is -2.09. The summed E-state index contributed by atoms with van der Waals surface area (Å²) >= 11 is 0. The van der Waals surface area contributed by atoms with E-state index in [1.54, 1.807) is 0 Å². The van der Waals surface area contributed by atoms with Crippen molar-refractivity contribution in [2.24, 2.45) is 17.2 Å². The molecule has 0 amide bonds. The average molecular weight is 118 g/mol. The maximum Gasteiger partial charge on any atom is 0.106 e. The van der Waals surface area contributed by atoms with Crippen LogP contribution in [0.1, 0.15) is 6.92 Å². The minimum Gasteiger partial charge on any atom is -0.327 e. The van der Waals surface area contributed by atoms with Crippen LogP contribution >= 0.6 is 0 Å². The zero-order valence-corrected chi connectivity index (χ0v) is 5.09. The van der Waals surface area contributed by atoms with Crippen LogP contribution in [0.3, 0.4) is 0 Å². The standard InChI is InChI=1S/C4H14N4/c1-3(5)2-8-4(6)7/h3-4,8H,2,5-7H2,1H3. The van der Waals surface area contributed by atoms with Gasteiger partial charge < -0.3 is 17.2 Å². The smallest absolute Gasteiger partial charge is 0.106 e. The van der Waals surface area contributed by atoms with E-state index in [-0.39, 0.29) is 6.04 Å². The summed E-state index contributed by atoms with van der Waals surface area (Å²) in [5.74, 6) is 0. The van der Waals surface area contributed by atoms with Gasteiger partial charge in [0.15, 0.2) is 0 Å². The van der Waals surface area contributed by atoms with Crippen LogP contribution in [0.15, 0.2) is 0 Å². The van der Waals surface area contributed by atoms with Crippen LogP contribution < -0.4 is 22.5 Å². The van der Waals surface area contributed by atoms with Gasteiger partial charge in [-0.05, 0) is 6.92 Å². The molecule has 4 nitrogen and oxygen atoms in total. The van der Waals surface area contributed by atoms with Crippen molar-refractivity contribution in [1.82, 2.24) is 5.32 Å². The molecule has 1 unspecified atom stereocenters. The van der Waals surface area contributed by atoms with Crippen molar-refractivity contribution in [3.05, 3.63) is 0 Å². The van der Waals surface area contributed by atoms with E-state index < -0.39 is 6.29 Å². The maximum absolute atomic E-state index is 5.37. The van der Waals surface area contributed by atoms with E-state index in [1.807, 2.05) is 6.92 Å². The second-order valence-corrected chi connectivity index (χ2v) is 1.91. The number of hydrogen-bond donors (Lipinski definition) is 4. The van der Waals surface area contributed by atoms with Gasteiger partial charge in [-0.2, -0.15) is 0 Å². The Balaban J connectivity index is 2.93. The quantitative estimate of drug-likeness (QED) is 0.327. The van der Waals surface area contributed by atoms with E-state index in [0.717, 1.165) is 0 Å². The molecule has 0 radical (unpaired) electrons. The second kappa shape index (κ2) is 3.80. The first-order valence-corrected chi connectivity index (χ1v) is 2.63. The van der Waals surface area contributed by atoms with E-state index in [4.69, 9.17) is 17.2 Å². The first kappa shape index (κ1) is 7.84. The monoisotopic (exact) mass is 118 g/mol. The summed E-state index contributed by atoms with van der Waals surface area (Å²) in [7, 11) is 0. The Morgan fingerprint density at radius 3 is 2.00 bits per heavy atom. The van der Waals surface area contributed by atoms with Gasteiger partial charge in [0, 0.05) is 12.6 Å². The lowest BCUT2D eigenvalue weighted by atomic mass is 10.4. The van der Waals surface area contributed by atoms with Crippen LogP contribution in [0.4, 0.5) is 0 Å². The first-order chi connectivity index (χ1) is 3.63. The van der Waals surface area contributed by atoms with E-state index in [1.165, 1.54) is 0 Å². The predicted molar refractivity (Wildman–Crippen MR) is 33.8 cm³/mol. The third-order valence-corrected chi connectivity index (χ3v) is 0.676. The van der Waals surface area contributed by atoms with Crippen LogP contribution in [0.2, 0.25) is 0 Å². The van der Waals surface area contributed by atoms with Crippen LogP contribution in [-0.2, 0) is 0 Å². The van der Waals surface area contributed by atoms with Crippen molar-refractivity contribution in [2.45, 2.75) is 19.3 Å². The molecular weight excluding hydrogens is 104 g/mol. The first-order valence-electron chi connectivity index (χ1n) is 2.63. The maximum atomic E-state index is 5.37. The Morgan fingerprint density at radius 1 is 1.38 bits per heavy atom. The molecule has 1 atom stereocenters. The van der Waals surface area contributed by atoms with Gasteiger partial charge in [0.1, 0.15) is 6.29 Å². The van der Waals surface area contributed by atoms with E-state index in [0.29, 0.717) is 6.54 Å². The summed E-state index contributed by atoms with van der Waals surface area (Å²) in [5.41, 5.74) is 15.7. The number of rotatable bonds is 3. The van der Waals surface area contributed by atoms with Crippen LogP contribution in [0.5, 0.6) is 0 Å². The Bertz CT molecular complexity index is 44.0. The normalized spacial score (nSPS) is 14.6. The van der Waals surface area contributed by atoms with Gasteiger partial charge in [0.2, 0.25) is 0 Å². The van der Waals surface area contributed by atoms with E-state index in [2.05, 4.69) is 5.32 Å². The molecule has 4 heteroatoms. The number of nitrogens with one attached hydrogen (secondary N) is 1. The zero-order chi connectivity index (χ0) is 6.57. The largest absolute Gasteiger partial charge is 0.327 e. The molecule has 7 N–H and O–H groups in total. The molecule has 0 saturated carbocycles. The molecule has 0 aliphatic heterocycles. The summed E-state index contributed by atoms with van der Waals surface area (Å²) < 4.78 is 0. The highest BCUT2D eigenvalue weighted by atomic mass is 15.1. The Hall–Kier alpha value is -0.160. The van der Waals surface area contributed by atoms with Gasteiger partial charge in [-0.25, -0.2) is 0 Å². The van der Waals surface area contributed by atoms with Crippen molar-refractivity contribution in [1.29, 1.82) is 0 Å². The van der Waals surface area contributed by atoms with Crippen molar-refractivity contribution in [3.63, 3.8) is 0 Å². The molecule has 0 heterocycles. The SMILES string of the molecule is CC(N)CNC(N)N. The summed E-state index contributed by atoms with van der Waals surface area (Å²) in [5, 5.41) is 2.78. The van der Waals surface area contributed by atoms with Crippen molar-refractivity contribution < 1.29 is 0 Å². The van der Waals surface area contributed by atoms with E-state index >= 15 is 0 Å². The summed E-state index contributed by atoms with van der Waals surface area (Å²) in [6, 6.07) is 0.115. The fourth-order valence-corrected chi connectivity index (χ4v) is 0.322. The highest BCUT2D eigenvalue weighted by Crippen LogP contribution is 1.67. The van der Waals surface area contributed by atoms with Gasteiger partial charge in [-0.1, -0.05) is 0 Å². The Kier molecular flexibility index (Phi) is 3.72. The average Bonchev–Trinajstić information content (AvgIpc) is 1.61. The molecule has 0 aliphatic rings. The van der Waals surface area contributed by atoms with Gasteiger partial charge >= 0.3 is 0 Å². The molecule has 0 bridgehead atoms. The minimum absolute atomic E-state index is 0.115. The molecule has 0 aromatic heterocycles. The van der Waals surface area contributed by atoms with Gasteiger partial charge in [-0.3, -0.25) is 5.32 Å². The summed E-state index contributed by atoms with van der Waals surface area (Å²) in [6.45, 7) is 2.55. The van der Waals surface area contributed by atoms with E-state index in [9.17, 15) is 0 Å². The lowest BCUT2D eigenvalue weighted by Crippen LogP contribution is -2.48. The van der Waals surface area contributed by atoms with Crippen LogP contribution in [0.25, 0.3) is 0 Å². The molecule has 50 valence electrons. The fraction of sp³-hybridized carbons (Fsp3) is 1.00. The van der Waals surface area contributed by atoms with Gasteiger partial charge in [0.25, 0.3) is 0 Å². The van der Waals surface area contributed by atoms with Crippen LogP contribution in [0, 0.1) is 0 Å². The van der Waals surface area contributed by atoms with Crippen molar-refractivity contribution >= 4 is 0 Å². The van der Waals surface area contributed by atoms with Crippen molar-refractivity contribution in [3.8, 4) is 0 Å². The highest BCUT2D eigenvalue weighted by molar-refractivity contribution is 4.57. The Morgan fingerprint density at radius 2 is 1.88 bits per heavy atom. The number of hydrogen-bond acceptors (Lipinski definition) is 4. The van der Waals surface area contributed by atoms with Crippen LogP contribution in [-0.4, -0.2) is 18.9 Å². The third kappa shape index (κ3) is 5.84. The summed E-state index contributed by atoms with van der Waals surface area (Å²) in [6.07, 6.45) is -0.444. The lowest BCUT2D eigenvalue weighted by molar-refractivity contribution is 0.513. The Labute approximate surface area is 49.4 Å². The molecular formula is C4H14N4. The van der Waals surface area contributed by atoms with Gasteiger partial charge in [0.05, 0.1) is 0 Å². The molecule has 0 rings (SSSR count). The van der Waals surface area contributed by atoms with Gasteiger partial charge in [-0.15, -0.1) is 0 Å². The molecule has 0 saturated heterocycles. The number of nitrogens with two attached hydrogens (primary N) is 3. The second-order valence-electron chi connectivity index (χ2n) is 1.91. The zero-order valence-electron chi connectivity index (χ0n) is 5.09. The highest BCUT2D eigenvalue weighted by Gasteiger charge is 1.93. The molecule has 0 aromatic carbocycles. The molecule has 0 spiro atoms. The molecule has 8 heavy (non-hydrogen) atoms. The molecule has 0 fully saturated rings. The fourth-order valence-electron chi connectivity index (χ4n) is 0.322. The minimum atomic E-state index is -0.444.